The average molecular weight is 270 g/mol. The topological polar surface area (TPSA) is 61.8 Å². The van der Waals surface area contributed by atoms with Gasteiger partial charge in [0.05, 0.1) is 0 Å². The van der Waals surface area contributed by atoms with Crippen LogP contribution in [0.5, 0.6) is 0 Å². The Hall–Kier alpha value is -1.52. The first-order valence-corrected chi connectivity index (χ1v) is 6.86. The van der Waals surface area contributed by atoms with Gasteiger partial charge >= 0.3 is 12.1 Å². The Morgan fingerprint density at radius 1 is 1.26 bits per heavy atom. The number of esters is 1. The first-order chi connectivity index (χ1) is 9.22. The van der Waals surface area contributed by atoms with E-state index < -0.39 is 12.4 Å². The Balaban J connectivity index is 1.90. The van der Waals surface area contributed by atoms with E-state index in [4.69, 9.17) is 4.74 Å². The number of unbranched alkanes of at least 4 members (excludes halogenated alkanes) is 6. The molecule has 1 saturated heterocycles. The van der Waals surface area contributed by atoms with Crippen LogP contribution < -0.4 is 0 Å². The van der Waals surface area contributed by atoms with Crippen molar-refractivity contribution in [2.75, 3.05) is 6.61 Å². The van der Waals surface area contributed by atoms with Gasteiger partial charge in [0, 0.05) is 6.42 Å². The molecule has 19 heavy (non-hydrogen) atoms. The van der Waals surface area contributed by atoms with Crippen LogP contribution in [0.3, 0.4) is 0 Å². The highest BCUT2D eigenvalue weighted by Gasteiger charge is 2.27. The number of hydrogen-bond acceptors (Lipinski definition) is 5. The summed E-state index contributed by atoms with van der Waals surface area (Å²) < 4.78 is 14.0. The highest BCUT2D eigenvalue weighted by molar-refractivity contribution is 5.70. The molecule has 1 aliphatic rings. The highest BCUT2D eigenvalue weighted by Crippen LogP contribution is 2.12. The predicted molar refractivity (Wildman–Crippen MR) is 69.4 cm³/mol. The van der Waals surface area contributed by atoms with E-state index in [9.17, 15) is 9.59 Å². The summed E-state index contributed by atoms with van der Waals surface area (Å²) in [4.78, 5) is 22.0. The molecule has 0 N–H and O–H groups in total. The molecule has 1 rings (SSSR count). The molecule has 0 aromatic heterocycles. The second-order valence-electron chi connectivity index (χ2n) is 4.55. The van der Waals surface area contributed by atoms with E-state index in [1.165, 1.54) is 19.3 Å². The molecule has 108 valence electrons. The summed E-state index contributed by atoms with van der Waals surface area (Å²) in [7, 11) is 0. The van der Waals surface area contributed by atoms with Crippen molar-refractivity contribution in [3.8, 4) is 0 Å². The lowest BCUT2D eigenvalue weighted by Crippen LogP contribution is -2.19. The Labute approximate surface area is 113 Å². The first-order valence-electron chi connectivity index (χ1n) is 6.86. The zero-order valence-electron chi connectivity index (χ0n) is 11.3. The van der Waals surface area contributed by atoms with Crippen LogP contribution in [0.4, 0.5) is 4.79 Å². The monoisotopic (exact) mass is 270 g/mol. The number of carbonyl (C=O) groups is 2. The van der Waals surface area contributed by atoms with Crippen molar-refractivity contribution < 1.29 is 23.8 Å². The number of cyclic esters (lactones) is 2. The van der Waals surface area contributed by atoms with E-state index in [-0.39, 0.29) is 12.6 Å². The summed E-state index contributed by atoms with van der Waals surface area (Å²) >= 11 is 0. The Morgan fingerprint density at radius 3 is 2.58 bits per heavy atom. The molecule has 5 heteroatoms. The summed E-state index contributed by atoms with van der Waals surface area (Å²) in [6.45, 7) is 3.68. The van der Waals surface area contributed by atoms with E-state index >= 15 is 0 Å². The maximum absolute atomic E-state index is 11.4. The van der Waals surface area contributed by atoms with Gasteiger partial charge in [-0.1, -0.05) is 31.8 Å². The summed E-state index contributed by atoms with van der Waals surface area (Å²) in [5.74, 6) is -0.338. The third-order valence-corrected chi connectivity index (χ3v) is 2.87. The van der Waals surface area contributed by atoms with Crippen LogP contribution >= 0.6 is 0 Å². The minimum atomic E-state index is -0.862. The number of hydrogen-bond donors (Lipinski definition) is 0. The second kappa shape index (κ2) is 9.42. The summed E-state index contributed by atoms with van der Waals surface area (Å²) in [5.41, 5.74) is 0. The third kappa shape index (κ3) is 7.49. The normalized spacial score (nSPS) is 17.7. The fourth-order valence-corrected chi connectivity index (χ4v) is 1.84. The number of carbonyl (C=O) groups excluding carboxylic acids is 2. The minimum Gasteiger partial charge on any atom is -0.426 e. The molecule has 1 unspecified atom stereocenters. The molecule has 1 fully saturated rings. The number of rotatable bonds is 10. The Bertz CT molecular complexity index is 300. The van der Waals surface area contributed by atoms with Gasteiger partial charge in [0.25, 0.3) is 6.29 Å². The molecule has 0 aromatic rings. The van der Waals surface area contributed by atoms with Crippen LogP contribution in [-0.2, 0) is 19.0 Å². The van der Waals surface area contributed by atoms with Crippen LogP contribution in [0.15, 0.2) is 12.7 Å². The molecule has 0 spiro atoms. The molecule has 1 aliphatic heterocycles. The molecule has 0 amide bonds. The van der Waals surface area contributed by atoms with Crippen molar-refractivity contribution in [2.45, 2.75) is 57.7 Å². The van der Waals surface area contributed by atoms with Gasteiger partial charge in [-0.3, -0.25) is 4.79 Å². The lowest BCUT2D eigenvalue weighted by atomic mass is 10.1. The average Bonchev–Trinajstić information content (AvgIpc) is 2.78. The second-order valence-corrected chi connectivity index (χ2v) is 4.55. The van der Waals surface area contributed by atoms with Crippen molar-refractivity contribution in [2.24, 2.45) is 0 Å². The van der Waals surface area contributed by atoms with Crippen LogP contribution in [0, 0.1) is 0 Å². The molecule has 0 aromatic carbocycles. The van der Waals surface area contributed by atoms with Crippen LogP contribution in [0.25, 0.3) is 0 Å². The van der Waals surface area contributed by atoms with E-state index in [2.05, 4.69) is 16.1 Å². The van der Waals surface area contributed by atoms with Gasteiger partial charge < -0.3 is 14.2 Å². The molecule has 0 saturated carbocycles. The molecular weight excluding hydrogens is 248 g/mol. The van der Waals surface area contributed by atoms with Gasteiger partial charge in [-0.05, 0) is 19.3 Å². The lowest BCUT2D eigenvalue weighted by Gasteiger charge is -2.08. The van der Waals surface area contributed by atoms with Crippen molar-refractivity contribution in [1.82, 2.24) is 0 Å². The molecule has 0 bridgehead atoms. The van der Waals surface area contributed by atoms with Gasteiger partial charge in [-0.25, -0.2) is 4.79 Å². The van der Waals surface area contributed by atoms with Crippen LogP contribution in [-0.4, -0.2) is 25.0 Å². The predicted octanol–water partition coefficient (Wildman–Crippen LogP) is 3.33. The van der Waals surface area contributed by atoms with Crippen LogP contribution in [0.1, 0.15) is 51.4 Å². The number of ether oxygens (including phenoxy) is 3. The minimum absolute atomic E-state index is 0.00607. The third-order valence-electron chi connectivity index (χ3n) is 2.87. The van der Waals surface area contributed by atoms with Gasteiger partial charge in [0.15, 0.2) is 6.61 Å². The lowest BCUT2D eigenvalue weighted by molar-refractivity contribution is -0.163. The quantitative estimate of drug-likeness (QED) is 0.346. The van der Waals surface area contributed by atoms with E-state index in [1.54, 1.807) is 0 Å². The van der Waals surface area contributed by atoms with Crippen molar-refractivity contribution in [3.05, 3.63) is 12.7 Å². The van der Waals surface area contributed by atoms with E-state index in [0.29, 0.717) is 6.42 Å². The Morgan fingerprint density at radius 2 is 1.95 bits per heavy atom. The van der Waals surface area contributed by atoms with E-state index in [0.717, 1.165) is 25.7 Å². The largest absolute Gasteiger partial charge is 0.511 e. The van der Waals surface area contributed by atoms with Crippen molar-refractivity contribution in [3.63, 3.8) is 0 Å². The maximum Gasteiger partial charge on any atom is 0.511 e. The molecule has 5 nitrogen and oxygen atoms in total. The first kappa shape index (κ1) is 15.5. The summed E-state index contributed by atoms with van der Waals surface area (Å²) in [6, 6.07) is 0. The van der Waals surface area contributed by atoms with Gasteiger partial charge in [-0.15, -0.1) is 6.58 Å². The van der Waals surface area contributed by atoms with Gasteiger partial charge in [0.2, 0.25) is 0 Å². The summed E-state index contributed by atoms with van der Waals surface area (Å²) in [5, 5.41) is 0. The summed E-state index contributed by atoms with van der Waals surface area (Å²) in [6.07, 6.45) is 8.29. The fraction of sp³-hybridized carbons (Fsp3) is 0.714. The standard InChI is InChI=1S/C14H22O5/c1-2-3-4-5-6-7-8-9-10-12(15)18-13-11-17-14(16)19-13/h2,13H,1,3-11H2. The zero-order chi connectivity index (χ0) is 13.9. The van der Waals surface area contributed by atoms with Gasteiger partial charge in [0.1, 0.15) is 0 Å². The smallest absolute Gasteiger partial charge is 0.426 e. The van der Waals surface area contributed by atoms with Crippen molar-refractivity contribution in [1.29, 1.82) is 0 Å². The SMILES string of the molecule is C=CCCCCCCCCC(=O)OC1COC(=O)O1. The molecule has 1 heterocycles. The molecule has 1 atom stereocenters. The van der Waals surface area contributed by atoms with Crippen molar-refractivity contribution >= 4 is 12.1 Å². The van der Waals surface area contributed by atoms with Crippen LogP contribution in [0.2, 0.25) is 0 Å². The van der Waals surface area contributed by atoms with E-state index in [1.807, 2.05) is 6.08 Å². The number of allylic oxidation sites excluding steroid dienone is 1. The zero-order valence-corrected chi connectivity index (χ0v) is 11.3. The molecular formula is C14H22O5. The van der Waals surface area contributed by atoms with Gasteiger partial charge in [-0.2, -0.15) is 0 Å². The molecule has 0 aliphatic carbocycles. The highest BCUT2D eigenvalue weighted by atomic mass is 16.8. The maximum atomic E-state index is 11.4. The fourth-order valence-electron chi connectivity index (χ4n) is 1.84. The molecule has 0 radical (unpaired) electrons. The Kier molecular flexibility index (Phi) is 7.70.